The van der Waals surface area contributed by atoms with E-state index < -0.39 is 0 Å². The molecule has 0 aliphatic carbocycles. The molecule has 0 aromatic heterocycles. The van der Waals surface area contributed by atoms with Gasteiger partial charge < -0.3 is 5.73 Å². The third-order valence-electron chi connectivity index (χ3n) is 3.50. The molecule has 0 bridgehead atoms. The Labute approximate surface area is 121 Å². The van der Waals surface area contributed by atoms with Gasteiger partial charge in [0.1, 0.15) is 0 Å². The third-order valence-corrected chi connectivity index (χ3v) is 3.50. The summed E-state index contributed by atoms with van der Waals surface area (Å²) in [5, 5.41) is 0. The summed E-state index contributed by atoms with van der Waals surface area (Å²) >= 11 is 0. The van der Waals surface area contributed by atoms with Gasteiger partial charge in [-0.3, -0.25) is 4.99 Å². The Kier molecular flexibility index (Phi) is 4.57. The zero-order valence-corrected chi connectivity index (χ0v) is 12.5. The first-order valence-electron chi connectivity index (χ1n) is 6.99. The van der Waals surface area contributed by atoms with E-state index >= 15 is 0 Å². The number of hydrogen-bond donors (Lipinski definition) is 1. The summed E-state index contributed by atoms with van der Waals surface area (Å²) in [6.45, 7) is 7.15. The number of nitrogen functional groups attached to an aromatic ring is 1. The van der Waals surface area contributed by atoms with Crippen molar-refractivity contribution < 1.29 is 0 Å². The van der Waals surface area contributed by atoms with E-state index in [1.54, 1.807) is 0 Å². The van der Waals surface area contributed by atoms with E-state index in [9.17, 15) is 0 Å². The molecule has 0 unspecified atom stereocenters. The minimum Gasteiger partial charge on any atom is -0.399 e. The predicted molar refractivity (Wildman–Crippen MR) is 87.6 cm³/mol. The normalized spacial score (nSPS) is 11.7. The maximum Gasteiger partial charge on any atom is 0.0433 e. The van der Waals surface area contributed by atoms with Crippen LogP contribution in [0.5, 0.6) is 0 Å². The molecule has 0 saturated carbocycles. The van der Waals surface area contributed by atoms with Crippen LogP contribution in [0.1, 0.15) is 29.2 Å². The van der Waals surface area contributed by atoms with Gasteiger partial charge in [-0.1, -0.05) is 35.9 Å². The molecule has 104 valence electrons. The van der Waals surface area contributed by atoms with Crippen LogP contribution in [0.15, 0.2) is 47.5 Å². The largest absolute Gasteiger partial charge is 0.399 e. The van der Waals surface area contributed by atoms with Gasteiger partial charge >= 0.3 is 0 Å². The van der Waals surface area contributed by atoms with Crippen LogP contribution in [0.2, 0.25) is 0 Å². The molecule has 0 amide bonds. The number of anilines is 1. The van der Waals surface area contributed by atoms with Gasteiger partial charge in [0.2, 0.25) is 0 Å². The highest BCUT2D eigenvalue weighted by Gasteiger charge is 2.01. The Balaban J connectivity index is 2.02. The molecule has 0 fully saturated rings. The second kappa shape index (κ2) is 6.38. The molecule has 2 rings (SSSR count). The molecule has 0 spiro atoms. The van der Waals surface area contributed by atoms with Gasteiger partial charge in [-0.05, 0) is 56.0 Å². The third kappa shape index (κ3) is 3.70. The van der Waals surface area contributed by atoms with Crippen molar-refractivity contribution in [3.8, 4) is 0 Å². The first-order valence-corrected chi connectivity index (χ1v) is 6.99. The second-order valence-electron chi connectivity index (χ2n) is 5.28. The zero-order chi connectivity index (χ0) is 14.5. The molecule has 0 saturated heterocycles. The highest BCUT2D eigenvalue weighted by atomic mass is 14.7. The molecule has 2 aromatic carbocycles. The molecule has 0 aliphatic rings. The van der Waals surface area contributed by atoms with Gasteiger partial charge in [0.25, 0.3) is 0 Å². The number of nitrogens with zero attached hydrogens (tertiary/aromatic N) is 1. The molecular weight excluding hydrogens is 244 g/mol. The van der Waals surface area contributed by atoms with E-state index in [1.807, 2.05) is 12.1 Å². The summed E-state index contributed by atoms with van der Waals surface area (Å²) in [6, 6.07) is 14.5. The lowest BCUT2D eigenvalue weighted by atomic mass is 10.0. The van der Waals surface area contributed by atoms with E-state index in [0.717, 1.165) is 24.4 Å². The summed E-state index contributed by atoms with van der Waals surface area (Å²) in [4.78, 5) is 4.69. The van der Waals surface area contributed by atoms with Gasteiger partial charge in [0.05, 0.1) is 0 Å². The van der Waals surface area contributed by atoms with Gasteiger partial charge in [0, 0.05) is 17.9 Å². The second-order valence-corrected chi connectivity index (χ2v) is 5.28. The van der Waals surface area contributed by atoms with Crippen molar-refractivity contribution in [1.82, 2.24) is 0 Å². The van der Waals surface area contributed by atoms with Crippen molar-refractivity contribution in [3.05, 3.63) is 64.7 Å². The summed E-state index contributed by atoms with van der Waals surface area (Å²) < 4.78 is 0. The summed E-state index contributed by atoms with van der Waals surface area (Å²) in [7, 11) is 0. The maximum absolute atomic E-state index is 5.68. The highest BCUT2D eigenvalue weighted by Crippen LogP contribution is 2.12. The number of aliphatic imine (C=N–C) groups is 1. The standard InChI is InChI=1S/C18H22N2/c1-13-4-9-18(14(2)12-13)15(3)20-11-10-16-5-7-17(19)8-6-16/h4-9,12H,10-11,19H2,1-3H3. The Bertz CT molecular complexity index is 610. The first-order chi connectivity index (χ1) is 9.56. The average Bonchev–Trinajstić information content (AvgIpc) is 2.41. The number of nitrogens with two attached hydrogens (primary N) is 1. The van der Waals surface area contributed by atoms with Crippen LogP contribution < -0.4 is 5.73 Å². The Hall–Kier alpha value is -2.09. The number of rotatable bonds is 4. The minimum absolute atomic E-state index is 0.809. The number of aryl methyl sites for hydroxylation is 2. The van der Waals surface area contributed by atoms with E-state index in [0.29, 0.717) is 0 Å². The molecule has 2 nitrogen and oxygen atoms in total. The molecule has 2 heteroatoms. The molecule has 2 aromatic rings. The van der Waals surface area contributed by atoms with Crippen LogP contribution >= 0.6 is 0 Å². The van der Waals surface area contributed by atoms with Crippen molar-refractivity contribution in [1.29, 1.82) is 0 Å². The average molecular weight is 266 g/mol. The fourth-order valence-corrected chi connectivity index (χ4v) is 2.34. The van der Waals surface area contributed by atoms with Gasteiger partial charge in [-0.15, -0.1) is 0 Å². The number of benzene rings is 2. The fraction of sp³-hybridized carbons (Fsp3) is 0.278. The van der Waals surface area contributed by atoms with Gasteiger partial charge in [-0.25, -0.2) is 0 Å². The smallest absolute Gasteiger partial charge is 0.0433 e. The lowest BCUT2D eigenvalue weighted by Gasteiger charge is -2.07. The van der Waals surface area contributed by atoms with Crippen LogP contribution in [0.4, 0.5) is 5.69 Å². The Morgan fingerprint density at radius 2 is 1.75 bits per heavy atom. The van der Waals surface area contributed by atoms with Crippen molar-refractivity contribution in [3.63, 3.8) is 0 Å². The van der Waals surface area contributed by atoms with Crippen LogP contribution in [0.25, 0.3) is 0 Å². The SMILES string of the molecule is CC(=NCCc1ccc(N)cc1)c1ccc(C)cc1C. The number of hydrogen-bond acceptors (Lipinski definition) is 2. The molecule has 0 radical (unpaired) electrons. The fourth-order valence-electron chi connectivity index (χ4n) is 2.34. The van der Waals surface area contributed by atoms with Gasteiger partial charge in [0.15, 0.2) is 0 Å². The highest BCUT2D eigenvalue weighted by molar-refractivity contribution is 6.00. The summed E-state index contributed by atoms with van der Waals surface area (Å²) in [5.41, 5.74) is 12.7. The van der Waals surface area contributed by atoms with Crippen LogP contribution in [-0.4, -0.2) is 12.3 Å². The zero-order valence-electron chi connectivity index (χ0n) is 12.5. The Morgan fingerprint density at radius 3 is 2.40 bits per heavy atom. The van der Waals surface area contributed by atoms with Crippen molar-refractivity contribution in [2.75, 3.05) is 12.3 Å². The molecule has 0 heterocycles. The quantitative estimate of drug-likeness (QED) is 0.660. The van der Waals surface area contributed by atoms with Crippen LogP contribution in [-0.2, 0) is 6.42 Å². The lowest BCUT2D eigenvalue weighted by molar-refractivity contribution is 0.967. The maximum atomic E-state index is 5.68. The topological polar surface area (TPSA) is 38.4 Å². The van der Waals surface area contributed by atoms with E-state index in [2.05, 4.69) is 56.1 Å². The van der Waals surface area contributed by atoms with Crippen LogP contribution in [0.3, 0.4) is 0 Å². The first kappa shape index (κ1) is 14.3. The molecular formula is C18H22N2. The Morgan fingerprint density at radius 1 is 1.05 bits per heavy atom. The van der Waals surface area contributed by atoms with E-state index in [1.165, 1.54) is 22.3 Å². The minimum atomic E-state index is 0.809. The van der Waals surface area contributed by atoms with E-state index in [4.69, 9.17) is 5.73 Å². The molecule has 0 aliphatic heterocycles. The van der Waals surface area contributed by atoms with Gasteiger partial charge in [-0.2, -0.15) is 0 Å². The lowest BCUT2D eigenvalue weighted by Crippen LogP contribution is -2.01. The van der Waals surface area contributed by atoms with Crippen LogP contribution in [0, 0.1) is 13.8 Å². The summed E-state index contributed by atoms with van der Waals surface area (Å²) in [5.74, 6) is 0. The van der Waals surface area contributed by atoms with Crippen molar-refractivity contribution in [2.24, 2.45) is 4.99 Å². The van der Waals surface area contributed by atoms with E-state index in [-0.39, 0.29) is 0 Å². The van der Waals surface area contributed by atoms with Crippen molar-refractivity contribution >= 4 is 11.4 Å². The molecule has 2 N–H and O–H groups in total. The summed E-state index contributed by atoms with van der Waals surface area (Å²) in [6.07, 6.45) is 0.947. The molecule has 20 heavy (non-hydrogen) atoms. The van der Waals surface area contributed by atoms with Crippen molar-refractivity contribution in [2.45, 2.75) is 27.2 Å². The molecule has 0 atom stereocenters. The predicted octanol–water partition coefficient (Wildman–Crippen LogP) is 3.94. The monoisotopic (exact) mass is 266 g/mol.